The summed E-state index contributed by atoms with van der Waals surface area (Å²) in [6, 6.07) is 0. The van der Waals surface area contributed by atoms with E-state index >= 15 is 0 Å². The maximum Gasteiger partial charge on any atom is 0.306 e. The first-order valence-electron chi connectivity index (χ1n) is 25.8. The molecule has 0 fully saturated rings. The fourth-order valence-corrected chi connectivity index (χ4v) is 7.78. The number of hydrogen-bond donors (Lipinski definition) is 0. The Morgan fingerprint density at radius 1 is 0.362 bits per heavy atom. The summed E-state index contributed by atoms with van der Waals surface area (Å²) in [6.07, 6.45) is 45.1. The molecule has 344 valence electrons. The van der Waals surface area contributed by atoms with E-state index in [1.807, 2.05) is 0 Å². The van der Waals surface area contributed by atoms with E-state index in [0.717, 1.165) is 69.6 Å². The van der Waals surface area contributed by atoms with Gasteiger partial charge in [-0.05, 0) is 31.1 Å². The van der Waals surface area contributed by atoms with Crippen molar-refractivity contribution in [2.24, 2.45) is 11.8 Å². The van der Waals surface area contributed by atoms with Crippen molar-refractivity contribution in [2.45, 2.75) is 291 Å². The molecule has 0 spiro atoms. The lowest BCUT2D eigenvalue weighted by Crippen LogP contribution is -2.30. The first-order valence-corrected chi connectivity index (χ1v) is 25.8. The van der Waals surface area contributed by atoms with E-state index < -0.39 is 6.10 Å². The van der Waals surface area contributed by atoms with E-state index in [2.05, 4.69) is 34.6 Å². The Kier molecular flexibility index (Phi) is 43.7. The van der Waals surface area contributed by atoms with Crippen molar-refractivity contribution in [1.82, 2.24) is 0 Å². The van der Waals surface area contributed by atoms with Gasteiger partial charge in [0.1, 0.15) is 13.2 Å². The summed E-state index contributed by atoms with van der Waals surface area (Å²) in [5.41, 5.74) is 0. The minimum atomic E-state index is -0.761. The molecule has 0 aromatic rings. The van der Waals surface area contributed by atoms with Crippen molar-refractivity contribution in [2.75, 3.05) is 13.2 Å². The summed E-state index contributed by atoms with van der Waals surface area (Å²) in [5, 5.41) is 0. The molecule has 0 radical (unpaired) electrons. The minimum absolute atomic E-state index is 0.0639. The average Bonchev–Trinajstić information content (AvgIpc) is 3.21. The van der Waals surface area contributed by atoms with Crippen LogP contribution < -0.4 is 0 Å². The lowest BCUT2D eigenvalue weighted by atomic mass is 9.99. The predicted octanol–water partition coefficient (Wildman–Crippen LogP) is 16.5. The van der Waals surface area contributed by atoms with Crippen LogP contribution in [0.15, 0.2) is 0 Å². The van der Waals surface area contributed by atoms with Crippen molar-refractivity contribution in [3.05, 3.63) is 0 Å². The second kappa shape index (κ2) is 44.9. The molecule has 0 heterocycles. The van der Waals surface area contributed by atoms with Gasteiger partial charge in [-0.1, -0.05) is 247 Å². The van der Waals surface area contributed by atoms with Gasteiger partial charge in [-0.2, -0.15) is 0 Å². The van der Waals surface area contributed by atoms with Crippen LogP contribution in [-0.4, -0.2) is 37.2 Å². The number of carbonyl (C=O) groups is 3. The maximum absolute atomic E-state index is 12.8. The van der Waals surface area contributed by atoms with E-state index in [1.54, 1.807) is 0 Å². The molecule has 6 heteroatoms. The Balaban J connectivity index is 4.30. The highest BCUT2D eigenvalue weighted by Gasteiger charge is 2.19. The van der Waals surface area contributed by atoms with Crippen molar-refractivity contribution in [1.29, 1.82) is 0 Å². The van der Waals surface area contributed by atoms with Gasteiger partial charge in [0.2, 0.25) is 0 Å². The van der Waals surface area contributed by atoms with Gasteiger partial charge in [-0.15, -0.1) is 0 Å². The highest BCUT2D eigenvalue weighted by Crippen LogP contribution is 2.18. The van der Waals surface area contributed by atoms with Gasteiger partial charge >= 0.3 is 17.9 Å². The van der Waals surface area contributed by atoms with Crippen LogP contribution in [0, 0.1) is 11.8 Å². The molecule has 0 N–H and O–H groups in total. The van der Waals surface area contributed by atoms with Crippen molar-refractivity contribution in [3.63, 3.8) is 0 Å². The van der Waals surface area contributed by atoms with Crippen LogP contribution in [0.5, 0.6) is 0 Å². The first kappa shape index (κ1) is 56.4. The van der Waals surface area contributed by atoms with Gasteiger partial charge in [-0.25, -0.2) is 0 Å². The summed E-state index contributed by atoms with van der Waals surface area (Å²) in [6.45, 7) is 11.4. The minimum Gasteiger partial charge on any atom is -0.462 e. The lowest BCUT2D eigenvalue weighted by Gasteiger charge is -2.18. The van der Waals surface area contributed by atoms with Gasteiger partial charge in [0.05, 0.1) is 0 Å². The van der Waals surface area contributed by atoms with Crippen LogP contribution >= 0.6 is 0 Å². The van der Waals surface area contributed by atoms with Crippen LogP contribution in [0.25, 0.3) is 0 Å². The zero-order valence-corrected chi connectivity index (χ0v) is 39.7. The molecular weight excluding hydrogens is 721 g/mol. The number of hydrogen-bond acceptors (Lipinski definition) is 6. The Bertz CT molecular complexity index is 887. The molecule has 2 atom stereocenters. The number of carbonyl (C=O) groups excluding carboxylic acids is 3. The largest absolute Gasteiger partial charge is 0.462 e. The average molecular weight is 821 g/mol. The fraction of sp³-hybridized carbons (Fsp3) is 0.942. The second-order valence-electron chi connectivity index (χ2n) is 18.5. The van der Waals surface area contributed by atoms with E-state index in [-0.39, 0.29) is 31.1 Å². The number of unbranched alkanes of at least 4 members (excludes halogenated alkanes) is 30. The zero-order chi connectivity index (χ0) is 42.6. The van der Waals surface area contributed by atoms with Crippen LogP contribution in [0.3, 0.4) is 0 Å². The molecule has 58 heavy (non-hydrogen) atoms. The highest BCUT2D eigenvalue weighted by molar-refractivity contribution is 5.71. The van der Waals surface area contributed by atoms with Gasteiger partial charge in [0.25, 0.3) is 0 Å². The van der Waals surface area contributed by atoms with Crippen LogP contribution in [0.4, 0.5) is 0 Å². The number of esters is 3. The normalized spacial score (nSPS) is 12.5. The van der Waals surface area contributed by atoms with Gasteiger partial charge in [-0.3, -0.25) is 14.4 Å². The third-order valence-electron chi connectivity index (χ3n) is 12.1. The van der Waals surface area contributed by atoms with Crippen molar-refractivity contribution >= 4 is 17.9 Å². The Morgan fingerprint density at radius 2 is 0.655 bits per heavy atom. The maximum atomic E-state index is 12.8. The Labute approximate surface area is 361 Å². The molecule has 0 saturated heterocycles. The molecule has 0 aliphatic heterocycles. The van der Waals surface area contributed by atoms with Crippen molar-refractivity contribution < 1.29 is 28.6 Å². The molecule has 0 aliphatic rings. The molecule has 1 unspecified atom stereocenters. The van der Waals surface area contributed by atoms with Crippen molar-refractivity contribution in [3.8, 4) is 0 Å². The zero-order valence-electron chi connectivity index (χ0n) is 39.7. The summed E-state index contributed by atoms with van der Waals surface area (Å²) < 4.78 is 16.8. The molecule has 0 amide bonds. The SMILES string of the molecule is CCCCCCCCCCCCCCC(=O)O[C@@H](COC(=O)CCCCCCCCCCCCCCCC(C)C)COC(=O)CCCCCCCCCCC(C)CC. The quantitative estimate of drug-likeness (QED) is 0.0346. The molecule has 0 rings (SSSR count). The molecule has 6 nitrogen and oxygen atoms in total. The Hall–Kier alpha value is -1.59. The summed E-state index contributed by atoms with van der Waals surface area (Å²) in [4.78, 5) is 37.9. The van der Waals surface area contributed by atoms with E-state index in [9.17, 15) is 14.4 Å². The van der Waals surface area contributed by atoms with Crippen LogP contribution in [-0.2, 0) is 28.6 Å². The van der Waals surface area contributed by atoms with Gasteiger partial charge in [0, 0.05) is 19.3 Å². The summed E-state index contributed by atoms with van der Waals surface area (Å²) in [7, 11) is 0. The van der Waals surface area contributed by atoms with Crippen LogP contribution in [0.1, 0.15) is 285 Å². The summed E-state index contributed by atoms with van der Waals surface area (Å²) >= 11 is 0. The summed E-state index contributed by atoms with van der Waals surface area (Å²) in [5.74, 6) is 0.838. The highest BCUT2D eigenvalue weighted by atomic mass is 16.6. The lowest BCUT2D eigenvalue weighted by molar-refractivity contribution is -0.167. The van der Waals surface area contributed by atoms with E-state index in [0.29, 0.717) is 19.3 Å². The molecule has 0 aromatic carbocycles. The molecule has 0 bridgehead atoms. The standard InChI is InChI=1S/C52H100O6/c1-6-8-9-10-11-12-13-18-22-29-34-39-44-52(55)58-49(46-57-51(54)43-38-33-28-24-23-26-31-36-41-48(5)7-2)45-56-50(53)42-37-32-27-21-19-16-14-15-17-20-25-30-35-40-47(3)4/h47-49H,6-46H2,1-5H3/t48?,49-/m0/s1. The molecule has 0 saturated carbocycles. The topological polar surface area (TPSA) is 78.9 Å². The van der Waals surface area contributed by atoms with Gasteiger partial charge < -0.3 is 14.2 Å². The number of ether oxygens (including phenoxy) is 3. The monoisotopic (exact) mass is 821 g/mol. The van der Waals surface area contributed by atoms with Crippen LogP contribution in [0.2, 0.25) is 0 Å². The second-order valence-corrected chi connectivity index (χ2v) is 18.5. The molecule has 0 aliphatic carbocycles. The first-order chi connectivity index (χ1) is 28.3. The number of rotatable bonds is 46. The smallest absolute Gasteiger partial charge is 0.306 e. The van der Waals surface area contributed by atoms with E-state index in [1.165, 1.54) is 173 Å². The fourth-order valence-electron chi connectivity index (χ4n) is 7.78. The molecular formula is C52H100O6. The third-order valence-corrected chi connectivity index (χ3v) is 12.1. The third kappa shape index (κ3) is 44.0. The molecule has 0 aromatic heterocycles. The van der Waals surface area contributed by atoms with Gasteiger partial charge in [0.15, 0.2) is 6.10 Å². The van der Waals surface area contributed by atoms with E-state index in [4.69, 9.17) is 14.2 Å². The predicted molar refractivity (Wildman–Crippen MR) is 247 cm³/mol. The Morgan fingerprint density at radius 3 is 0.983 bits per heavy atom.